The molecule has 0 unspecified atom stereocenters. The van der Waals surface area contributed by atoms with Crippen molar-refractivity contribution in [2.24, 2.45) is 0 Å². The van der Waals surface area contributed by atoms with E-state index < -0.39 is 12.2 Å². The third-order valence-corrected chi connectivity index (χ3v) is 33.6. The molecule has 144 heavy (non-hydrogen) atoms. The van der Waals surface area contributed by atoms with Crippen molar-refractivity contribution in [3.05, 3.63) is 239 Å². The second kappa shape index (κ2) is 41.0. The molecule has 26 nitrogen and oxygen atoms in total. The molecule has 15 aromatic rings. The lowest BCUT2D eigenvalue weighted by molar-refractivity contribution is 0.0551. The lowest BCUT2D eigenvalue weighted by Crippen LogP contribution is -2.39. The third-order valence-electron chi connectivity index (χ3n) is 33.6. The molecule has 10 heterocycles. The maximum absolute atomic E-state index is 11.4. The van der Waals surface area contributed by atoms with E-state index in [-0.39, 0.29) is 83.9 Å². The fraction of sp³-hybridized carbons (Fsp3) is 0.407. The molecule has 15 aromatic carbocycles. The molecule has 0 bridgehead atoms. The number of methoxy groups -OCH3 is 8. The Bertz CT molecular complexity index is 7160. The van der Waals surface area contributed by atoms with Crippen LogP contribution < -0.4 is 37.9 Å². The molecule has 5 fully saturated rings. The SMILES string of the molecule is COc1cc2c3c(c4cc(OC)c(CO)cc4c2cc1CO)CN1CCC[C@@H]1C3.COc1cc2c3c(c4cc(OC)c(CO)cc4c2cc1CO)CN1CCC[C@H]1C3.COc1cc2c3c(c4cc(OC)c(CO)cc4c2cc1CO)[C@H](O)[C@@H]1CCCN1C3.COc1cc2c3c(c4ccc(CO)c(CO)c4c2cc1CO)CN1CCC[C@@H]1C3.COc1cc2c3c(c4ccc(O)cc4c2cc1CO)[C@H](O)[C@@H]1CCCN1C3. The van der Waals surface area contributed by atoms with Crippen molar-refractivity contribution < 1.29 is 104 Å². The molecular weight excluding hydrogens is 1820 g/mol. The van der Waals surface area contributed by atoms with Gasteiger partial charge in [-0.15, -0.1) is 0 Å². The van der Waals surface area contributed by atoms with Gasteiger partial charge < -0.3 is 104 Å². The first-order chi connectivity index (χ1) is 70.3. The van der Waals surface area contributed by atoms with Crippen molar-refractivity contribution in [3.63, 3.8) is 0 Å². The van der Waals surface area contributed by atoms with Crippen molar-refractivity contribution in [1.82, 2.24) is 24.5 Å². The number of phenols is 1. The Morgan fingerprint density at radius 1 is 0.236 bits per heavy atom. The molecule has 7 atom stereocenters. The fourth-order valence-electron chi connectivity index (χ4n) is 26.6. The Kier molecular flexibility index (Phi) is 28.0. The van der Waals surface area contributed by atoms with Gasteiger partial charge in [-0.05, 0) is 400 Å². The van der Waals surface area contributed by atoms with Crippen LogP contribution in [0.3, 0.4) is 0 Å². The minimum Gasteiger partial charge on any atom is -0.508 e. The molecule has 0 saturated carbocycles. The first kappa shape index (κ1) is 98.4. The van der Waals surface area contributed by atoms with Gasteiger partial charge in [-0.25, -0.2) is 0 Å². The smallest absolute Gasteiger partial charge is 0.125 e. The zero-order chi connectivity index (χ0) is 100. The van der Waals surface area contributed by atoms with Gasteiger partial charge in [-0.1, -0.05) is 18.2 Å². The standard InChI is InChI=1S/C24H27NO5.3C24H27NO4.C22H23NO4/c1-29-21-8-17-15(6-13(21)11-26)16-7-14(12-27)22(30-2)9-18(16)23-19(17)10-25-5-3-4-20(25)24(23)28;2*1-28-23-9-20-17(6-14(23)12-26)18-7-15(13-27)24(29-2)10-21(18)22-11-25-5-3-4-16(25)8-19(20)22;1-29-23-9-19-18-8-16-3-2-6-25(16)10-21(18)17-5-4-14(11-26)22(13-28)24(17)20(19)7-15(23)12-27;1-27-20-9-17-15(7-12(20)11-24)16-8-13(25)4-5-14(16)21-18(17)10-23-6-2-3-19(23)22(21)26/h6-9,20,24,26-28H,3-5,10-12H2,1-2H3;2*6-7,9-10,16,26-27H,3-5,8,11-13H2,1-2H3;4-5,7,9,16,26-28H,2-3,6,8,10-13H2,1H3;4-5,7-9,19,22,24-26H,2-3,6,10-11H2,1H3/t20-,24+;3*16-;19-,22+/m01010/s1. The minimum atomic E-state index is -0.587. The van der Waals surface area contributed by atoms with Crippen LogP contribution in [0.15, 0.2) is 127 Å². The van der Waals surface area contributed by atoms with Gasteiger partial charge in [0.25, 0.3) is 0 Å². The fourth-order valence-corrected chi connectivity index (χ4v) is 26.6. The number of aliphatic hydroxyl groups is 12. The van der Waals surface area contributed by atoms with Gasteiger partial charge in [0.05, 0.1) is 135 Å². The molecular formula is C118H131N5O21. The summed E-state index contributed by atoms with van der Waals surface area (Å²) in [5, 5.41) is 153. The summed E-state index contributed by atoms with van der Waals surface area (Å²) in [6, 6.07) is 43.7. The van der Waals surface area contributed by atoms with Crippen LogP contribution in [0.4, 0.5) is 0 Å². The summed E-state index contributed by atoms with van der Waals surface area (Å²) in [7, 11) is 13.0. The maximum Gasteiger partial charge on any atom is 0.125 e. The van der Waals surface area contributed by atoms with E-state index in [1.807, 2.05) is 78.9 Å². The van der Waals surface area contributed by atoms with Gasteiger partial charge in [0.1, 0.15) is 51.7 Å². The van der Waals surface area contributed by atoms with Crippen LogP contribution in [0.5, 0.6) is 51.7 Å². The molecule has 10 aliphatic rings. The van der Waals surface area contributed by atoms with E-state index in [0.29, 0.717) is 57.8 Å². The molecule has 0 aromatic heterocycles. The lowest BCUT2D eigenvalue weighted by Gasteiger charge is -2.37. The predicted molar refractivity (Wildman–Crippen MR) is 559 cm³/mol. The van der Waals surface area contributed by atoms with Crippen LogP contribution in [-0.4, -0.2) is 211 Å². The molecule has 26 heteroatoms. The molecule has 0 radical (unpaired) electrons. The van der Waals surface area contributed by atoms with Gasteiger partial charge in [0.2, 0.25) is 0 Å². The van der Waals surface area contributed by atoms with E-state index >= 15 is 0 Å². The Morgan fingerprint density at radius 2 is 0.486 bits per heavy atom. The summed E-state index contributed by atoms with van der Waals surface area (Å²) in [4.78, 5) is 12.5. The molecule has 0 spiro atoms. The van der Waals surface area contributed by atoms with Gasteiger partial charge in [-0.2, -0.15) is 0 Å². The topological polar surface area (TPSA) is 353 Å². The zero-order valence-electron chi connectivity index (χ0n) is 83.3. The Morgan fingerprint density at radius 3 is 0.806 bits per heavy atom. The third kappa shape index (κ3) is 16.8. The highest BCUT2D eigenvalue weighted by Gasteiger charge is 2.44. The van der Waals surface area contributed by atoms with E-state index in [0.717, 1.165) is 281 Å². The van der Waals surface area contributed by atoms with Crippen LogP contribution in [0, 0.1) is 0 Å². The summed E-state index contributed by atoms with van der Waals surface area (Å²) >= 11 is 0. The molecule has 25 rings (SSSR count). The predicted octanol–water partition coefficient (Wildman–Crippen LogP) is 16.2. The van der Waals surface area contributed by atoms with E-state index in [9.17, 15) is 66.4 Å². The van der Waals surface area contributed by atoms with Gasteiger partial charge in [0.15, 0.2) is 0 Å². The van der Waals surface area contributed by atoms with E-state index in [1.165, 1.54) is 93.5 Å². The van der Waals surface area contributed by atoms with E-state index in [4.69, 9.17) is 37.9 Å². The van der Waals surface area contributed by atoms with Crippen LogP contribution >= 0.6 is 0 Å². The second-order valence-electron chi connectivity index (χ2n) is 40.4. The van der Waals surface area contributed by atoms with Crippen LogP contribution in [0.1, 0.15) is 188 Å². The highest BCUT2D eigenvalue weighted by Crippen LogP contribution is 2.54. The highest BCUT2D eigenvalue weighted by molar-refractivity contribution is 6.17. The number of aliphatic hydroxyl groups excluding tert-OH is 12. The largest absolute Gasteiger partial charge is 0.508 e. The van der Waals surface area contributed by atoms with E-state index in [2.05, 4.69) is 60.9 Å². The monoisotopic (exact) mass is 1950 g/mol. The number of benzene rings is 15. The van der Waals surface area contributed by atoms with Crippen molar-refractivity contribution in [3.8, 4) is 51.7 Å². The van der Waals surface area contributed by atoms with E-state index in [1.54, 1.807) is 69.0 Å². The second-order valence-corrected chi connectivity index (χ2v) is 40.4. The molecule has 754 valence electrons. The van der Waals surface area contributed by atoms with Crippen molar-refractivity contribution in [1.29, 1.82) is 0 Å². The average molecular weight is 1960 g/mol. The summed E-state index contributed by atoms with van der Waals surface area (Å²) in [5.74, 6) is 5.69. The van der Waals surface area contributed by atoms with Crippen molar-refractivity contribution in [2.75, 3.05) is 89.6 Å². The molecule has 0 aliphatic carbocycles. The Labute approximate surface area is 836 Å². The number of hydrogen-bond donors (Lipinski definition) is 13. The number of phenolic OH excluding ortho intramolecular Hbond substituents is 1. The number of hydrogen-bond acceptors (Lipinski definition) is 26. The number of ether oxygens (including phenoxy) is 8. The highest BCUT2D eigenvalue weighted by atomic mass is 16.5. The number of aromatic hydroxyl groups is 1. The van der Waals surface area contributed by atoms with Gasteiger partial charge in [-0.3, -0.25) is 24.5 Å². The van der Waals surface area contributed by atoms with Crippen LogP contribution in [0.2, 0.25) is 0 Å². The lowest BCUT2D eigenvalue weighted by atomic mass is 9.82. The first-order valence-electron chi connectivity index (χ1n) is 50.8. The minimum absolute atomic E-state index is 0.0723. The average Bonchev–Trinajstić information content (AvgIpc) is 1.07. The van der Waals surface area contributed by atoms with Crippen molar-refractivity contribution >= 4 is 108 Å². The maximum atomic E-state index is 11.4. The first-order valence-corrected chi connectivity index (χ1v) is 50.8. The number of fused-ring (bicyclic) bond motifs is 35. The van der Waals surface area contributed by atoms with Crippen LogP contribution in [-0.2, 0) is 118 Å². The van der Waals surface area contributed by atoms with Crippen molar-refractivity contribution in [2.45, 2.75) is 225 Å². The summed E-state index contributed by atoms with van der Waals surface area (Å²) < 4.78 is 44.5. The normalized spacial score (nSPS) is 20.0. The molecule has 13 N–H and O–H groups in total. The Hall–Kier alpha value is -11.6. The molecule has 5 saturated heterocycles. The molecule has 10 aliphatic heterocycles. The summed E-state index contributed by atoms with van der Waals surface area (Å²) in [6.45, 7) is 8.78. The Balaban J connectivity index is 0.000000106. The quantitative estimate of drug-likeness (QED) is 0.0355. The zero-order valence-corrected chi connectivity index (χ0v) is 83.3. The van der Waals surface area contributed by atoms with Gasteiger partial charge in [0, 0.05) is 107 Å². The number of nitrogens with zero attached hydrogens (tertiary/aromatic N) is 5. The summed E-state index contributed by atoms with van der Waals surface area (Å²) in [5.41, 5.74) is 19.8. The van der Waals surface area contributed by atoms with Crippen LogP contribution in [0.25, 0.3) is 108 Å². The number of rotatable bonds is 18. The molecule has 0 amide bonds. The summed E-state index contributed by atoms with van der Waals surface area (Å²) in [6.07, 6.45) is 13.6. The van der Waals surface area contributed by atoms with Gasteiger partial charge >= 0.3 is 0 Å².